The van der Waals surface area contributed by atoms with Crippen LogP contribution in [-0.2, 0) is 0 Å². The summed E-state index contributed by atoms with van der Waals surface area (Å²) in [6.07, 6.45) is 1.64. The van der Waals surface area contributed by atoms with Crippen LogP contribution in [0.2, 0.25) is 0 Å². The van der Waals surface area contributed by atoms with Crippen molar-refractivity contribution >= 4 is 5.69 Å². The summed E-state index contributed by atoms with van der Waals surface area (Å²) in [5.41, 5.74) is 1.91. The molecule has 3 heteroatoms. The minimum Gasteiger partial charge on any atom is -0.467 e. The van der Waals surface area contributed by atoms with E-state index in [-0.39, 0.29) is 6.04 Å². The van der Waals surface area contributed by atoms with Crippen LogP contribution < -0.4 is 5.32 Å². The SMILES string of the molecule is OC(CC(Nc1ccccc1)c1ccco1)c1ccccc1. The smallest absolute Gasteiger partial charge is 0.126 e. The van der Waals surface area contributed by atoms with Crippen LogP contribution in [0, 0.1) is 0 Å². The lowest BCUT2D eigenvalue weighted by Gasteiger charge is -2.21. The van der Waals surface area contributed by atoms with Gasteiger partial charge in [-0.2, -0.15) is 0 Å². The second-order valence-corrected chi connectivity index (χ2v) is 5.24. The van der Waals surface area contributed by atoms with Gasteiger partial charge in [-0.1, -0.05) is 48.5 Å². The maximum absolute atomic E-state index is 10.5. The van der Waals surface area contributed by atoms with E-state index in [1.807, 2.05) is 72.8 Å². The lowest BCUT2D eigenvalue weighted by atomic mass is 10.0. The minimum absolute atomic E-state index is 0.0902. The first-order chi connectivity index (χ1) is 10.8. The van der Waals surface area contributed by atoms with Gasteiger partial charge in [-0.15, -0.1) is 0 Å². The molecule has 0 radical (unpaired) electrons. The van der Waals surface area contributed by atoms with Crippen molar-refractivity contribution in [2.45, 2.75) is 18.6 Å². The van der Waals surface area contributed by atoms with Crippen molar-refractivity contribution in [3.63, 3.8) is 0 Å². The van der Waals surface area contributed by atoms with Crippen LogP contribution in [0.3, 0.4) is 0 Å². The molecular weight excluding hydrogens is 274 g/mol. The molecule has 0 saturated heterocycles. The van der Waals surface area contributed by atoms with E-state index in [2.05, 4.69) is 5.32 Å². The molecule has 0 saturated carbocycles. The molecule has 0 aliphatic carbocycles. The van der Waals surface area contributed by atoms with E-state index in [9.17, 15) is 5.11 Å². The molecule has 2 unspecified atom stereocenters. The highest BCUT2D eigenvalue weighted by atomic mass is 16.3. The van der Waals surface area contributed by atoms with Gasteiger partial charge >= 0.3 is 0 Å². The normalized spacial score (nSPS) is 13.5. The molecule has 2 aromatic carbocycles. The molecular formula is C19H19NO2. The summed E-state index contributed by atoms with van der Waals surface area (Å²) in [6.45, 7) is 0. The molecule has 22 heavy (non-hydrogen) atoms. The summed E-state index contributed by atoms with van der Waals surface area (Å²) in [5, 5.41) is 13.9. The van der Waals surface area contributed by atoms with E-state index in [1.54, 1.807) is 6.26 Å². The van der Waals surface area contributed by atoms with Gasteiger partial charge in [0.2, 0.25) is 0 Å². The number of para-hydroxylation sites is 1. The standard InChI is InChI=1S/C19H19NO2/c21-18(15-8-3-1-4-9-15)14-17(19-12-7-13-22-19)20-16-10-5-2-6-11-16/h1-13,17-18,20-21H,14H2. The first kappa shape index (κ1) is 14.4. The van der Waals surface area contributed by atoms with Gasteiger partial charge in [0.25, 0.3) is 0 Å². The zero-order valence-corrected chi connectivity index (χ0v) is 12.2. The van der Waals surface area contributed by atoms with E-state index in [1.165, 1.54) is 0 Å². The Balaban J connectivity index is 1.77. The van der Waals surface area contributed by atoms with E-state index in [4.69, 9.17) is 4.42 Å². The lowest BCUT2D eigenvalue weighted by Crippen LogP contribution is -2.14. The van der Waals surface area contributed by atoms with Crippen molar-refractivity contribution in [1.82, 2.24) is 0 Å². The molecule has 2 N–H and O–H groups in total. The van der Waals surface area contributed by atoms with E-state index in [0.29, 0.717) is 6.42 Å². The van der Waals surface area contributed by atoms with E-state index < -0.39 is 6.10 Å². The van der Waals surface area contributed by atoms with Crippen LogP contribution in [0.15, 0.2) is 83.5 Å². The number of aliphatic hydroxyl groups excluding tert-OH is 1. The molecule has 3 rings (SSSR count). The minimum atomic E-state index is -0.549. The highest BCUT2D eigenvalue weighted by molar-refractivity contribution is 5.44. The van der Waals surface area contributed by atoms with Gasteiger partial charge in [-0.05, 0) is 29.8 Å². The van der Waals surface area contributed by atoms with Gasteiger partial charge in [0.1, 0.15) is 5.76 Å². The van der Waals surface area contributed by atoms with Gasteiger partial charge < -0.3 is 14.8 Å². The number of nitrogens with one attached hydrogen (secondary N) is 1. The predicted molar refractivity (Wildman–Crippen MR) is 87.5 cm³/mol. The third kappa shape index (κ3) is 3.57. The average molecular weight is 293 g/mol. The molecule has 3 nitrogen and oxygen atoms in total. The lowest BCUT2D eigenvalue weighted by molar-refractivity contribution is 0.157. The van der Waals surface area contributed by atoms with Crippen LogP contribution in [0.25, 0.3) is 0 Å². The summed E-state index contributed by atoms with van der Waals surface area (Å²) >= 11 is 0. The second kappa shape index (κ2) is 6.96. The van der Waals surface area contributed by atoms with Crippen LogP contribution in [0.4, 0.5) is 5.69 Å². The fourth-order valence-corrected chi connectivity index (χ4v) is 2.51. The molecule has 1 heterocycles. The first-order valence-corrected chi connectivity index (χ1v) is 7.41. The molecule has 112 valence electrons. The van der Waals surface area contributed by atoms with Crippen LogP contribution in [0.5, 0.6) is 0 Å². The van der Waals surface area contributed by atoms with Crippen LogP contribution in [0.1, 0.15) is 29.9 Å². The Bertz CT molecular complexity index is 665. The van der Waals surface area contributed by atoms with Gasteiger partial charge in [-0.25, -0.2) is 0 Å². The molecule has 0 amide bonds. The van der Waals surface area contributed by atoms with E-state index in [0.717, 1.165) is 17.0 Å². The Morgan fingerprint density at radius 1 is 0.864 bits per heavy atom. The molecule has 0 bridgehead atoms. The molecule has 0 aliphatic rings. The highest BCUT2D eigenvalue weighted by Crippen LogP contribution is 2.29. The fraction of sp³-hybridized carbons (Fsp3) is 0.158. The van der Waals surface area contributed by atoms with Crippen molar-refractivity contribution in [1.29, 1.82) is 0 Å². The third-order valence-corrected chi connectivity index (χ3v) is 3.64. The Hall–Kier alpha value is -2.52. The molecule has 0 spiro atoms. The fourth-order valence-electron chi connectivity index (χ4n) is 2.51. The Morgan fingerprint density at radius 3 is 2.18 bits per heavy atom. The van der Waals surface area contributed by atoms with Gasteiger partial charge in [0.15, 0.2) is 0 Å². The summed E-state index contributed by atoms with van der Waals surface area (Å²) in [7, 11) is 0. The molecule has 0 aliphatic heterocycles. The molecule has 1 aromatic heterocycles. The highest BCUT2D eigenvalue weighted by Gasteiger charge is 2.19. The predicted octanol–water partition coefficient (Wildman–Crippen LogP) is 4.56. The van der Waals surface area contributed by atoms with Gasteiger partial charge in [-0.3, -0.25) is 0 Å². The average Bonchev–Trinajstić information content (AvgIpc) is 3.10. The van der Waals surface area contributed by atoms with Gasteiger partial charge in [0.05, 0.1) is 18.4 Å². The van der Waals surface area contributed by atoms with Crippen molar-refractivity contribution in [3.8, 4) is 0 Å². The Morgan fingerprint density at radius 2 is 1.55 bits per heavy atom. The number of anilines is 1. The maximum Gasteiger partial charge on any atom is 0.126 e. The molecule has 2 atom stereocenters. The number of aliphatic hydroxyl groups is 1. The van der Waals surface area contributed by atoms with Crippen molar-refractivity contribution in [2.24, 2.45) is 0 Å². The number of hydrogen-bond donors (Lipinski definition) is 2. The van der Waals surface area contributed by atoms with Crippen molar-refractivity contribution in [3.05, 3.63) is 90.4 Å². The van der Waals surface area contributed by atoms with Gasteiger partial charge in [0, 0.05) is 12.1 Å². The summed E-state index contributed by atoms with van der Waals surface area (Å²) in [4.78, 5) is 0. The second-order valence-electron chi connectivity index (χ2n) is 5.24. The van der Waals surface area contributed by atoms with Crippen LogP contribution >= 0.6 is 0 Å². The Kier molecular flexibility index (Phi) is 4.56. The molecule has 0 fully saturated rings. The quantitative estimate of drug-likeness (QED) is 0.700. The zero-order valence-electron chi connectivity index (χ0n) is 12.2. The van der Waals surface area contributed by atoms with Crippen molar-refractivity contribution < 1.29 is 9.52 Å². The number of hydrogen-bond acceptors (Lipinski definition) is 3. The number of benzene rings is 2. The number of furan rings is 1. The largest absolute Gasteiger partial charge is 0.467 e. The summed E-state index contributed by atoms with van der Waals surface area (Å²) < 4.78 is 5.53. The maximum atomic E-state index is 10.5. The number of rotatable bonds is 6. The summed E-state index contributed by atoms with van der Waals surface area (Å²) in [5.74, 6) is 0.818. The van der Waals surface area contributed by atoms with Crippen molar-refractivity contribution in [2.75, 3.05) is 5.32 Å². The van der Waals surface area contributed by atoms with E-state index >= 15 is 0 Å². The first-order valence-electron chi connectivity index (χ1n) is 7.41. The molecule has 3 aromatic rings. The topological polar surface area (TPSA) is 45.4 Å². The zero-order chi connectivity index (χ0) is 15.2. The Labute approximate surface area is 130 Å². The summed E-state index contributed by atoms with van der Waals surface area (Å²) in [6, 6.07) is 23.3. The van der Waals surface area contributed by atoms with Crippen LogP contribution in [-0.4, -0.2) is 5.11 Å². The third-order valence-electron chi connectivity index (χ3n) is 3.64. The monoisotopic (exact) mass is 293 g/mol.